The second-order valence-corrected chi connectivity index (χ2v) is 34.2. The van der Waals surface area contributed by atoms with Crippen LogP contribution in [0.15, 0.2) is 167 Å². The van der Waals surface area contributed by atoms with Gasteiger partial charge in [-0.25, -0.2) is 35.2 Å². The van der Waals surface area contributed by atoms with Gasteiger partial charge in [0.05, 0.1) is 78.3 Å². The van der Waals surface area contributed by atoms with Crippen LogP contribution in [0.25, 0.3) is 11.1 Å². The number of rotatable bonds is 23. The van der Waals surface area contributed by atoms with E-state index in [0.717, 1.165) is 29.7 Å². The van der Waals surface area contributed by atoms with Crippen LogP contribution in [0.5, 0.6) is 0 Å². The number of amides is 6. The van der Waals surface area contributed by atoms with Gasteiger partial charge in [-0.15, -0.1) is 11.6 Å². The number of hydrogen-bond donors (Lipinski definition) is 6. The third-order valence-electron chi connectivity index (χ3n) is 18.6. The minimum absolute atomic E-state index is 0.00753. The molecule has 35 heteroatoms. The summed E-state index contributed by atoms with van der Waals surface area (Å²) in [5, 5.41) is 22.7. The number of carbonyl (C=O) groups is 6. The van der Waals surface area contributed by atoms with E-state index in [-0.39, 0.29) is 140 Å². The highest BCUT2D eigenvalue weighted by molar-refractivity contribution is 7.91. The second-order valence-electron chi connectivity index (χ2n) is 26.8. The Morgan fingerprint density at radius 1 is 0.627 bits per heavy atom. The van der Waals surface area contributed by atoms with E-state index in [1.807, 2.05) is 27.3 Å². The molecule has 0 radical (unpaired) electrons. The number of alkyl halides is 4. The summed E-state index contributed by atoms with van der Waals surface area (Å²) in [6, 6.07) is 33.5. The molecular weight excluding hydrogens is 1550 g/mol. The Bertz CT molecular complexity index is 5190. The van der Waals surface area contributed by atoms with Gasteiger partial charge in [0, 0.05) is 127 Å². The minimum Gasteiger partial charge on any atom is -0.366 e. The molecule has 6 amide bonds. The molecule has 11 rings (SSSR count). The first-order valence-corrected chi connectivity index (χ1v) is 41.3. The van der Waals surface area contributed by atoms with Gasteiger partial charge in [-0.05, 0) is 160 Å². The summed E-state index contributed by atoms with van der Waals surface area (Å²) >= 11 is 19.8. The van der Waals surface area contributed by atoms with Crippen molar-refractivity contribution < 1.29 is 67.2 Å². The average molecular weight is 1630 g/mol. The molecule has 7 heterocycles. The summed E-state index contributed by atoms with van der Waals surface area (Å²) in [5.41, 5.74) is 8.14. The average Bonchev–Trinajstić information content (AvgIpc) is 0.736. The Kier molecular flexibility index (Phi) is 26.7. The molecule has 3 atom stereocenters. The van der Waals surface area contributed by atoms with Crippen molar-refractivity contribution in [3.8, 4) is 17.2 Å². The molecular formula is C75H76Cl3F3N14O12S3. The fourth-order valence-electron chi connectivity index (χ4n) is 13.1. The van der Waals surface area contributed by atoms with E-state index >= 15 is 4.79 Å². The maximum Gasteiger partial charge on any atom is 0.405 e. The molecule has 0 spiro atoms. The number of primary amides is 1. The highest BCUT2D eigenvalue weighted by Crippen LogP contribution is 2.48. The maximum atomic E-state index is 15.7. The smallest absolute Gasteiger partial charge is 0.366 e. The number of benzene rings is 4. The van der Waals surface area contributed by atoms with Crippen LogP contribution in [0.4, 0.5) is 47.6 Å². The van der Waals surface area contributed by atoms with E-state index in [2.05, 4.69) is 31.2 Å². The number of anilines is 6. The lowest BCUT2D eigenvalue weighted by molar-refractivity contribution is -0.139. The normalized spacial score (nSPS) is 16.5. The predicted molar refractivity (Wildman–Crippen MR) is 410 cm³/mol. The van der Waals surface area contributed by atoms with Gasteiger partial charge in [-0.1, -0.05) is 47.5 Å². The fourth-order valence-corrected chi connectivity index (χ4v) is 15.7. The summed E-state index contributed by atoms with van der Waals surface area (Å²) in [4.78, 5) is 103. The first kappa shape index (κ1) is 82.4. The maximum absolute atomic E-state index is 15.7. The van der Waals surface area contributed by atoms with E-state index in [0.29, 0.717) is 79.5 Å². The standard InChI is InChI=1S/C53H52Cl2N10O8S2.C22H24ClF3N4O4S/c1-74(70,71)39-26-42(51(57)68)47(41-10-6-19-59-49(41)50-48(55)34(15-20-60-50)25-45(66)61-30-38-9-3-4-18-58-38)43(27-39)65(53(69)35-7-5-8-36(54)24-35)44-28-40(75(2,72)73)31-62-52(44)64-21-16-32(17-22-64)23-46(67)63-37-13-11-33(29-56)12-14-37;1-35(33,34)17-11-18(29-21(32)15-3-2-4-16(23)10-15)20(27-12-17)30-7-5-14(6-8-30)9-19(31)28-13-22(24,25)26/h3-14,18-19,24,26-28,31-32,34,48,50,60H,15-17,20-23,25,30H2,1-2H3,(H2,57,68)(H,61,66)(H,63,67);2-4,10-12,14H,5-9,13H2,1H3,(H,28,31)(H,29,32). The van der Waals surface area contributed by atoms with E-state index < -0.39 is 82.2 Å². The Balaban J connectivity index is 0.000000307. The van der Waals surface area contributed by atoms with Crippen LogP contribution < -0.4 is 47.0 Å². The number of halogens is 6. The largest absolute Gasteiger partial charge is 0.405 e. The van der Waals surface area contributed by atoms with Crippen LogP contribution in [0.1, 0.15) is 105 Å². The van der Waals surface area contributed by atoms with Gasteiger partial charge in [-0.2, -0.15) is 18.4 Å². The molecule has 578 valence electrons. The number of nitrogens with two attached hydrogens (primary N) is 1. The van der Waals surface area contributed by atoms with Crippen LogP contribution >= 0.6 is 34.8 Å². The Morgan fingerprint density at radius 3 is 1.79 bits per heavy atom. The van der Waals surface area contributed by atoms with Crippen molar-refractivity contribution in [3.63, 3.8) is 0 Å². The lowest BCUT2D eigenvalue weighted by atomic mass is 9.84. The van der Waals surface area contributed by atoms with Crippen LogP contribution in [0.3, 0.4) is 0 Å². The summed E-state index contributed by atoms with van der Waals surface area (Å²) in [6.45, 7) is 0.655. The third kappa shape index (κ3) is 21.7. The van der Waals surface area contributed by atoms with Gasteiger partial charge in [0.1, 0.15) is 6.54 Å². The van der Waals surface area contributed by atoms with Crippen molar-refractivity contribution in [2.45, 2.75) is 90.2 Å². The van der Waals surface area contributed by atoms with Gasteiger partial charge < -0.3 is 42.1 Å². The molecule has 8 aromatic rings. The summed E-state index contributed by atoms with van der Waals surface area (Å²) < 4.78 is 115. The van der Waals surface area contributed by atoms with Crippen molar-refractivity contribution in [2.24, 2.45) is 23.5 Å². The molecule has 3 aliphatic heterocycles. The van der Waals surface area contributed by atoms with Crippen LogP contribution in [0.2, 0.25) is 10.0 Å². The molecule has 0 aliphatic carbocycles. The second kappa shape index (κ2) is 35.7. The number of piperidine rings is 3. The van der Waals surface area contributed by atoms with Crippen molar-refractivity contribution in [1.29, 1.82) is 5.26 Å². The molecule has 3 unspecified atom stereocenters. The summed E-state index contributed by atoms with van der Waals surface area (Å²) in [5.74, 6) is -3.65. The summed E-state index contributed by atoms with van der Waals surface area (Å²) in [6.07, 6.45) is 6.66. The van der Waals surface area contributed by atoms with Gasteiger partial charge in [0.15, 0.2) is 41.1 Å². The van der Waals surface area contributed by atoms with Gasteiger partial charge in [0.2, 0.25) is 23.6 Å². The fraction of sp³-hybridized carbons (Fsp3) is 0.320. The Hall–Kier alpha value is -10.1. The molecule has 4 aromatic carbocycles. The topological polar surface area (TPSA) is 376 Å². The number of sulfone groups is 3. The molecule has 3 saturated heterocycles. The number of nitrogens with one attached hydrogen (secondary N) is 5. The van der Waals surface area contributed by atoms with E-state index in [1.54, 1.807) is 79.0 Å². The van der Waals surface area contributed by atoms with Crippen molar-refractivity contribution in [1.82, 2.24) is 35.9 Å². The third-order valence-corrected chi connectivity index (χ3v) is 23.0. The molecule has 0 saturated carbocycles. The number of nitriles is 1. The Morgan fingerprint density at radius 2 is 1.20 bits per heavy atom. The molecule has 110 heavy (non-hydrogen) atoms. The van der Waals surface area contributed by atoms with Crippen molar-refractivity contribution in [2.75, 3.05) is 83.4 Å². The van der Waals surface area contributed by atoms with E-state index in [9.17, 15) is 67.7 Å². The zero-order chi connectivity index (χ0) is 79.4. The number of nitrogens with zero attached hydrogens (tertiary/aromatic N) is 8. The molecule has 7 N–H and O–H groups in total. The van der Waals surface area contributed by atoms with Crippen LogP contribution in [-0.2, 0) is 50.4 Å². The number of carbonyl (C=O) groups excluding carboxylic acids is 6. The lowest BCUT2D eigenvalue weighted by Gasteiger charge is -2.37. The lowest BCUT2D eigenvalue weighted by Crippen LogP contribution is -2.43. The monoisotopic (exact) mass is 1620 g/mol. The van der Waals surface area contributed by atoms with E-state index in [1.165, 1.54) is 61.1 Å². The van der Waals surface area contributed by atoms with E-state index in [4.69, 9.17) is 50.5 Å². The van der Waals surface area contributed by atoms with Crippen LogP contribution in [-0.4, -0.2) is 150 Å². The van der Waals surface area contributed by atoms with Crippen molar-refractivity contribution >= 4 is 134 Å². The molecule has 26 nitrogen and oxygen atoms in total. The Labute approximate surface area is 648 Å². The zero-order valence-corrected chi connectivity index (χ0v) is 64.2. The number of hydrogen-bond acceptors (Lipinski definition) is 20. The van der Waals surface area contributed by atoms with Crippen molar-refractivity contribution in [3.05, 3.63) is 196 Å². The number of aromatic nitrogens is 4. The quantitative estimate of drug-likeness (QED) is 0.0324. The number of pyridine rings is 4. The van der Waals surface area contributed by atoms with Gasteiger partial charge in [0.25, 0.3) is 11.8 Å². The van der Waals surface area contributed by atoms with Crippen LogP contribution in [0, 0.1) is 29.1 Å². The molecule has 4 aromatic heterocycles. The highest BCUT2D eigenvalue weighted by Gasteiger charge is 2.40. The SMILES string of the molecule is CS(=O)(=O)c1cnc(N2CCC(CC(=O)NCC(F)(F)F)CC2)c(NC(=O)c2cccc(Cl)c2)c1.CS(=O)(=O)c1cnc(N2CCC(CC(=O)Nc3ccc(C#N)cc3)CC2)c(N(C(=O)c2cccc(Cl)c2)c2cc(S(C)(=O)=O)cc(C(N)=O)c2-c2cccnc2C2NCCC(CC(=O)NCc3ccccn3)C2Cl)c1. The molecule has 3 fully saturated rings. The molecule has 3 aliphatic rings. The first-order chi connectivity index (χ1) is 52.1. The first-order valence-electron chi connectivity index (χ1n) is 34.5. The summed E-state index contributed by atoms with van der Waals surface area (Å²) in [7, 11) is -11.8. The highest BCUT2D eigenvalue weighted by atomic mass is 35.5. The predicted octanol–water partition coefficient (Wildman–Crippen LogP) is 10.8. The minimum atomic E-state index is -4.46. The van der Waals surface area contributed by atoms with Gasteiger partial charge >= 0.3 is 6.18 Å². The zero-order valence-electron chi connectivity index (χ0n) is 59.5. The van der Waals surface area contributed by atoms with Gasteiger partial charge in [-0.3, -0.25) is 43.6 Å². The molecule has 0 bridgehead atoms.